The average Bonchev–Trinajstić information content (AvgIpc) is 1.94. The maximum atomic E-state index is 10.9. The van der Waals surface area contributed by atoms with Gasteiger partial charge in [-0.15, -0.1) is 6.42 Å². The molecule has 0 bridgehead atoms. The van der Waals surface area contributed by atoms with Crippen molar-refractivity contribution in [3.05, 3.63) is 0 Å². The Hall–Kier alpha value is -0.330. The van der Waals surface area contributed by atoms with E-state index < -0.39 is 11.1 Å². The second-order valence-corrected chi connectivity index (χ2v) is 4.60. The summed E-state index contributed by atoms with van der Waals surface area (Å²) in [4.78, 5) is 0. The van der Waals surface area contributed by atoms with Gasteiger partial charge in [0.1, 0.15) is 6.10 Å². The first-order valence-corrected chi connectivity index (χ1v) is 4.82. The highest BCUT2D eigenvalue weighted by atomic mass is 32.2. The topological polar surface area (TPSA) is 26.3 Å². The predicted molar refractivity (Wildman–Crippen MR) is 45.1 cm³/mol. The molecule has 0 aromatic rings. The van der Waals surface area contributed by atoms with Crippen LogP contribution in [0.15, 0.2) is 0 Å². The van der Waals surface area contributed by atoms with Crippen LogP contribution < -0.4 is 0 Å². The molecule has 11 heavy (non-hydrogen) atoms. The summed E-state index contributed by atoms with van der Waals surface area (Å²) in [6, 6.07) is 0. The van der Waals surface area contributed by atoms with Gasteiger partial charge in [0.15, 0.2) is 11.1 Å². The van der Waals surface area contributed by atoms with Gasteiger partial charge in [-0.25, -0.2) is 4.21 Å². The van der Waals surface area contributed by atoms with Gasteiger partial charge in [-0.05, 0) is 6.42 Å². The van der Waals surface area contributed by atoms with Crippen LogP contribution in [0.5, 0.6) is 0 Å². The lowest BCUT2D eigenvalue weighted by molar-refractivity contribution is 0.115. The molecule has 0 spiro atoms. The SMILES string of the molecule is C#CC1OS(=O)CCC1(C)C. The quantitative estimate of drug-likeness (QED) is 0.511. The Balaban J connectivity index is 2.73. The summed E-state index contributed by atoms with van der Waals surface area (Å²) in [5.41, 5.74) is -0.0251. The molecule has 0 saturated carbocycles. The molecule has 1 rings (SSSR count). The second kappa shape index (κ2) is 2.96. The minimum absolute atomic E-state index is 0.0251. The molecule has 0 radical (unpaired) electrons. The molecule has 2 nitrogen and oxygen atoms in total. The van der Waals surface area contributed by atoms with Crippen LogP contribution in [-0.4, -0.2) is 16.1 Å². The molecule has 1 aliphatic heterocycles. The van der Waals surface area contributed by atoms with Gasteiger partial charge in [0.2, 0.25) is 0 Å². The smallest absolute Gasteiger partial charge is 0.156 e. The lowest BCUT2D eigenvalue weighted by Gasteiger charge is -2.33. The van der Waals surface area contributed by atoms with Gasteiger partial charge in [-0.1, -0.05) is 19.8 Å². The molecule has 0 amide bonds. The van der Waals surface area contributed by atoms with Crippen LogP contribution in [0.1, 0.15) is 20.3 Å². The first kappa shape index (κ1) is 8.76. The van der Waals surface area contributed by atoms with Crippen molar-refractivity contribution < 1.29 is 8.39 Å². The van der Waals surface area contributed by atoms with E-state index in [1.807, 2.05) is 13.8 Å². The highest BCUT2D eigenvalue weighted by Crippen LogP contribution is 2.32. The zero-order valence-corrected chi connectivity index (χ0v) is 7.61. The summed E-state index contributed by atoms with van der Waals surface area (Å²) in [6.45, 7) is 4.07. The van der Waals surface area contributed by atoms with E-state index >= 15 is 0 Å². The minimum atomic E-state index is -1.16. The van der Waals surface area contributed by atoms with E-state index in [1.54, 1.807) is 0 Å². The standard InChI is InChI=1S/C8H12O2S/c1-4-7-8(2,3)5-6-11(9)10-7/h1,7H,5-6H2,2-3H3. The van der Waals surface area contributed by atoms with Crippen LogP contribution in [0.2, 0.25) is 0 Å². The van der Waals surface area contributed by atoms with E-state index in [4.69, 9.17) is 10.6 Å². The molecular weight excluding hydrogens is 160 g/mol. The Morgan fingerprint density at radius 1 is 1.73 bits per heavy atom. The maximum Gasteiger partial charge on any atom is 0.156 e. The van der Waals surface area contributed by atoms with E-state index in [9.17, 15) is 4.21 Å². The lowest BCUT2D eigenvalue weighted by atomic mass is 9.84. The third kappa shape index (κ3) is 1.82. The fourth-order valence-electron chi connectivity index (χ4n) is 1.02. The normalized spacial score (nSPS) is 36.1. The van der Waals surface area contributed by atoms with Crippen LogP contribution in [0.3, 0.4) is 0 Å². The number of hydrogen-bond donors (Lipinski definition) is 0. The molecule has 0 aromatic heterocycles. The largest absolute Gasteiger partial charge is 0.274 e. The molecule has 2 atom stereocenters. The highest BCUT2D eigenvalue weighted by Gasteiger charge is 2.35. The molecule has 0 N–H and O–H groups in total. The van der Waals surface area contributed by atoms with Crippen molar-refractivity contribution >= 4 is 11.1 Å². The van der Waals surface area contributed by atoms with E-state index in [1.165, 1.54) is 0 Å². The Bertz CT molecular complexity index is 215. The van der Waals surface area contributed by atoms with Crippen molar-refractivity contribution in [1.82, 2.24) is 0 Å². The van der Waals surface area contributed by atoms with Crippen LogP contribution >= 0.6 is 0 Å². The van der Waals surface area contributed by atoms with Gasteiger partial charge < -0.3 is 0 Å². The summed E-state index contributed by atoms with van der Waals surface area (Å²) in [6.07, 6.45) is 5.81. The predicted octanol–water partition coefficient (Wildman–Crippen LogP) is 1.10. The fourth-order valence-corrected chi connectivity index (χ4v) is 2.34. The van der Waals surface area contributed by atoms with E-state index in [0.29, 0.717) is 5.75 Å². The molecule has 1 fully saturated rings. The number of rotatable bonds is 0. The minimum Gasteiger partial charge on any atom is -0.274 e. The van der Waals surface area contributed by atoms with Gasteiger partial charge in [-0.3, -0.25) is 4.18 Å². The first-order valence-electron chi connectivity index (χ1n) is 3.58. The number of terminal acetylenes is 1. The van der Waals surface area contributed by atoms with Crippen molar-refractivity contribution in [3.8, 4) is 12.3 Å². The monoisotopic (exact) mass is 172 g/mol. The van der Waals surface area contributed by atoms with E-state index in [-0.39, 0.29) is 11.5 Å². The Morgan fingerprint density at radius 3 is 2.82 bits per heavy atom. The molecule has 1 saturated heterocycles. The summed E-state index contributed by atoms with van der Waals surface area (Å²) in [5, 5.41) is 0. The summed E-state index contributed by atoms with van der Waals surface area (Å²) in [7, 11) is 0. The Labute approximate surface area is 70.0 Å². The third-order valence-electron chi connectivity index (χ3n) is 1.98. The first-order chi connectivity index (χ1) is 5.06. The van der Waals surface area contributed by atoms with Crippen molar-refractivity contribution in [2.24, 2.45) is 5.41 Å². The van der Waals surface area contributed by atoms with Crippen molar-refractivity contribution in [2.75, 3.05) is 5.75 Å². The van der Waals surface area contributed by atoms with Gasteiger partial charge in [-0.2, -0.15) is 0 Å². The van der Waals surface area contributed by atoms with Crippen LogP contribution in [0.25, 0.3) is 0 Å². The molecular formula is C8H12O2S. The molecule has 3 heteroatoms. The van der Waals surface area contributed by atoms with Gasteiger partial charge >= 0.3 is 0 Å². The average molecular weight is 172 g/mol. The number of hydrogen-bond acceptors (Lipinski definition) is 2. The van der Waals surface area contributed by atoms with Gasteiger partial charge in [0.05, 0.1) is 5.75 Å². The summed E-state index contributed by atoms with van der Waals surface area (Å²) >= 11 is -1.16. The van der Waals surface area contributed by atoms with E-state index in [0.717, 1.165) is 6.42 Å². The molecule has 1 aliphatic rings. The summed E-state index contributed by atoms with van der Waals surface area (Å²) in [5.74, 6) is 3.11. The molecule has 0 aliphatic carbocycles. The van der Waals surface area contributed by atoms with Gasteiger partial charge in [0, 0.05) is 5.41 Å². The Morgan fingerprint density at radius 2 is 2.36 bits per heavy atom. The highest BCUT2D eigenvalue weighted by molar-refractivity contribution is 7.80. The second-order valence-electron chi connectivity index (χ2n) is 3.39. The zero-order valence-electron chi connectivity index (χ0n) is 6.79. The zero-order chi connectivity index (χ0) is 8.48. The van der Waals surface area contributed by atoms with Crippen LogP contribution in [0.4, 0.5) is 0 Å². The molecule has 2 unspecified atom stereocenters. The van der Waals surface area contributed by atoms with E-state index in [2.05, 4.69) is 5.92 Å². The molecule has 0 aromatic carbocycles. The third-order valence-corrected chi connectivity index (χ3v) is 2.92. The summed E-state index contributed by atoms with van der Waals surface area (Å²) < 4.78 is 16.0. The van der Waals surface area contributed by atoms with Gasteiger partial charge in [0.25, 0.3) is 0 Å². The molecule has 1 heterocycles. The van der Waals surface area contributed by atoms with Crippen LogP contribution in [0, 0.1) is 17.8 Å². The van der Waals surface area contributed by atoms with Crippen molar-refractivity contribution in [1.29, 1.82) is 0 Å². The van der Waals surface area contributed by atoms with Crippen molar-refractivity contribution in [3.63, 3.8) is 0 Å². The van der Waals surface area contributed by atoms with Crippen LogP contribution in [-0.2, 0) is 15.3 Å². The Kier molecular flexibility index (Phi) is 2.36. The van der Waals surface area contributed by atoms with Crippen molar-refractivity contribution in [2.45, 2.75) is 26.4 Å². The molecule has 62 valence electrons. The fraction of sp³-hybridized carbons (Fsp3) is 0.750. The maximum absolute atomic E-state index is 10.9. The lowest BCUT2D eigenvalue weighted by Crippen LogP contribution is -2.37.